The number of carbonyl (C=O) groups excluding carboxylic acids is 1. The molecule has 0 aliphatic rings. The summed E-state index contributed by atoms with van der Waals surface area (Å²) in [5.74, 6) is -1.55. The second kappa shape index (κ2) is 8.19. The highest BCUT2D eigenvalue weighted by molar-refractivity contribution is 5.96. The molecular formula is C22H20N2O3. The predicted octanol–water partition coefficient (Wildman–Crippen LogP) is 4.01. The van der Waals surface area contributed by atoms with Crippen LogP contribution in [0.15, 0.2) is 72.8 Å². The van der Waals surface area contributed by atoms with Crippen LogP contribution >= 0.6 is 0 Å². The molecule has 3 rings (SSSR count). The van der Waals surface area contributed by atoms with Crippen LogP contribution in [0, 0.1) is 0 Å². The van der Waals surface area contributed by atoms with Crippen molar-refractivity contribution < 1.29 is 14.7 Å². The molecule has 0 unspecified atom stereocenters. The van der Waals surface area contributed by atoms with E-state index in [1.165, 1.54) is 5.56 Å². The highest BCUT2D eigenvalue weighted by atomic mass is 16.4. The van der Waals surface area contributed by atoms with Crippen LogP contribution in [0.1, 0.15) is 31.8 Å². The van der Waals surface area contributed by atoms with Crippen molar-refractivity contribution in [3.05, 3.63) is 95.1 Å². The highest BCUT2D eigenvalue weighted by Crippen LogP contribution is 2.24. The maximum atomic E-state index is 11.6. The molecule has 136 valence electrons. The highest BCUT2D eigenvalue weighted by Gasteiger charge is 2.12. The van der Waals surface area contributed by atoms with Gasteiger partial charge in [0.15, 0.2) is 0 Å². The molecule has 0 bridgehead atoms. The molecule has 0 aliphatic carbocycles. The average molecular weight is 360 g/mol. The molecule has 5 nitrogen and oxygen atoms in total. The number of anilines is 2. The third kappa shape index (κ3) is 4.73. The van der Waals surface area contributed by atoms with E-state index in [-0.39, 0.29) is 5.56 Å². The van der Waals surface area contributed by atoms with Crippen LogP contribution < -0.4 is 11.1 Å². The molecule has 1 amide bonds. The molecule has 4 N–H and O–H groups in total. The lowest BCUT2D eigenvalue weighted by Crippen LogP contribution is -2.11. The second-order valence-corrected chi connectivity index (χ2v) is 6.24. The van der Waals surface area contributed by atoms with Crippen molar-refractivity contribution in [1.82, 2.24) is 0 Å². The topological polar surface area (TPSA) is 92.4 Å². The average Bonchev–Trinajstić information content (AvgIpc) is 2.67. The van der Waals surface area contributed by atoms with Crippen LogP contribution in [0.2, 0.25) is 0 Å². The summed E-state index contributed by atoms with van der Waals surface area (Å²) >= 11 is 0. The van der Waals surface area contributed by atoms with Crippen LogP contribution in [0.3, 0.4) is 0 Å². The molecule has 0 fully saturated rings. The SMILES string of the molecule is NC(=O)c1cccc(Nc2cc(CCc3ccccc3)ccc2C(=O)O)c1. The number of carboxylic acids is 1. The van der Waals surface area contributed by atoms with Gasteiger partial charge in [0.2, 0.25) is 5.91 Å². The molecule has 0 heterocycles. The van der Waals surface area contributed by atoms with Crippen molar-refractivity contribution in [2.45, 2.75) is 12.8 Å². The first-order valence-electron chi connectivity index (χ1n) is 8.60. The Morgan fingerprint density at radius 3 is 2.30 bits per heavy atom. The van der Waals surface area contributed by atoms with E-state index in [1.807, 2.05) is 30.3 Å². The lowest BCUT2D eigenvalue weighted by atomic mass is 10.0. The van der Waals surface area contributed by atoms with Crippen molar-refractivity contribution in [3.63, 3.8) is 0 Å². The zero-order valence-electron chi connectivity index (χ0n) is 14.7. The number of rotatable bonds is 7. The van der Waals surface area contributed by atoms with E-state index >= 15 is 0 Å². The molecule has 0 spiro atoms. The lowest BCUT2D eigenvalue weighted by molar-refractivity contribution is 0.0697. The van der Waals surface area contributed by atoms with Gasteiger partial charge in [0.25, 0.3) is 0 Å². The summed E-state index contributed by atoms with van der Waals surface area (Å²) in [5, 5.41) is 12.6. The first-order valence-corrected chi connectivity index (χ1v) is 8.60. The Bertz CT molecular complexity index is 968. The Balaban J connectivity index is 1.84. The van der Waals surface area contributed by atoms with Crippen molar-refractivity contribution >= 4 is 23.3 Å². The van der Waals surface area contributed by atoms with Gasteiger partial charge in [0, 0.05) is 11.3 Å². The summed E-state index contributed by atoms with van der Waals surface area (Å²) in [6.45, 7) is 0. The summed E-state index contributed by atoms with van der Waals surface area (Å²) < 4.78 is 0. The molecule has 0 aromatic heterocycles. The van der Waals surface area contributed by atoms with Crippen LogP contribution in [0.25, 0.3) is 0 Å². The Labute approximate surface area is 157 Å². The molecule has 0 atom stereocenters. The first-order chi connectivity index (χ1) is 13.0. The van der Waals surface area contributed by atoms with Gasteiger partial charge in [0.05, 0.1) is 11.3 Å². The van der Waals surface area contributed by atoms with Crippen LogP contribution in [0.4, 0.5) is 11.4 Å². The van der Waals surface area contributed by atoms with E-state index in [9.17, 15) is 14.7 Å². The number of carbonyl (C=O) groups is 2. The van der Waals surface area contributed by atoms with Crippen molar-refractivity contribution in [3.8, 4) is 0 Å². The molecular weight excluding hydrogens is 340 g/mol. The van der Waals surface area contributed by atoms with E-state index in [1.54, 1.807) is 30.3 Å². The minimum Gasteiger partial charge on any atom is -0.478 e. The third-order valence-corrected chi connectivity index (χ3v) is 4.29. The van der Waals surface area contributed by atoms with Crippen molar-refractivity contribution in [2.75, 3.05) is 5.32 Å². The Kier molecular flexibility index (Phi) is 5.52. The fraction of sp³-hybridized carbons (Fsp3) is 0.0909. The van der Waals surface area contributed by atoms with Gasteiger partial charge in [-0.25, -0.2) is 4.79 Å². The molecule has 0 saturated heterocycles. The lowest BCUT2D eigenvalue weighted by Gasteiger charge is -2.12. The number of hydrogen-bond donors (Lipinski definition) is 3. The quantitative estimate of drug-likeness (QED) is 0.593. The number of aromatic carboxylic acids is 1. The molecule has 27 heavy (non-hydrogen) atoms. The minimum absolute atomic E-state index is 0.169. The van der Waals surface area contributed by atoms with E-state index in [0.717, 1.165) is 18.4 Å². The van der Waals surface area contributed by atoms with E-state index in [0.29, 0.717) is 16.9 Å². The minimum atomic E-state index is -1.02. The number of carboxylic acid groups (broad SMARTS) is 1. The molecule has 0 aliphatic heterocycles. The number of primary amides is 1. The number of aryl methyl sites for hydroxylation is 2. The molecule has 0 radical (unpaired) electrons. The first kappa shape index (κ1) is 18.2. The largest absolute Gasteiger partial charge is 0.478 e. The third-order valence-electron chi connectivity index (χ3n) is 4.29. The van der Waals surface area contributed by atoms with Crippen LogP contribution in [-0.2, 0) is 12.8 Å². The van der Waals surface area contributed by atoms with Gasteiger partial charge in [-0.05, 0) is 54.3 Å². The van der Waals surface area contributed by atoms with Crippen molar-refractivity contribution in [2.24, 2.45) is 5.73 Å². The molecule has 5 heteroatoms. The summed E-state index contributed by atoms with van der Waals surface area (Å²) in [5.41, 5.74) is 9.18. The maximum absolute atomic E-state index is 11.6. The zero-order chi connectivity index (χ0) is 19.2. The van der Waals surface area contributed by atoms with Gasteiger partial charge >= 0.3 is 5.97 Å². The fourth-order valence-electron chi connectivity index (χ4n) is 2.88. The number of amides is 1. The summed E-state index contributed by atoms with van der Waals surface area (Å²) in [7, 11) is 0. The van der Waals surface area contributed by atoms with E-state index < -0.39 is 11.9 Å². The normalized spacial score (nSPS) is 10.4. The van der Waals surface area contributed by atoms with Gasteiger partial charge in [-0.1, -0.05) is 42.5 Å². The van der Waals surface area contributed by atoms with Gasteiger partial charge in [-0.2, -0.15) is 0 Å². The van der Waals surface area contributed by atoms with Crippen LogP contribution in [-0.4, -0.2) is 17.0 Å². The number of benzene rings is 3. The molecule has 0 saturated carbocycles. The summed E-state index contributed by atoms with van der Waals surface area (Å²) in [6.07, 6.45) is 1.66. The van der Waals surface area contributed by atoms with Gasteiger partial charge in [-0.15, -0.1) is 0 Å². The van der Waals surface area contributed by atoms with Gasteiger partial charge in [-0.3, -0.25) is 4.79 Å². The number of hydrogen-bond acceptors (Lipinski definition) is 3. The zero-order valence-corrected chi connectivity index (χ0v) is 14.7. The number of nitrogens with one attached hydrogen (secondary N) is 1. The standard InChI is InChI=1S/C22H20N2O3/c23-21(25)17-7-4-8-18(14-17)24-20-13-16(11-12-19(20)22(26)27)10-9-15-5-2-1-3-6-15/h1-8,11-14,24H,9-10H2,(H2,23,25)(H,26,27). The van der Waals surface area contributed by atoms with E-state index in [4.69, 9.17) is 5.73 Å². The second-order valence-electron chi connectivity index (χ2n) is 6.24. The van der Waals surface area contributed by atoms with Crippen molar-refractivity contribution in [1.29, 1.82) is 0 Å². The van der Waals surface area contributed by atoms with Crippen LogP contribution in [0.5, 0.6) is 0 Å². The number of nitrogens with two attached hydrogens (primary N) is 1. The summed E-state index contributed by atoms with van der Waals surface area (Å²) in [6, 6.07) is 22.1. The molecule has 3 aromatic carbocycles. The fourth-order valence-corrected chi connectivity index (χ4v) is 2.88. The Morgan fingerprint density at radius 1 is 0.852 bits per heavy atom. The monoisotopic (exact) mass is 360 g/mol. The van der Waals surface area contributed by atoms with Gasteiger partial charge in [0.1, 0.15) is 0 Å². The smallest absolute Gasteiger partial charge is 0.337 e. The summed E-state index contributed by atoms with van der Waals surface area (Å²) in [4.78, 5) is 22.9. The Hall–Kier alpha value is -3.60. The predicted molar refractivity (Wildman–Crippen MR) is 105 cm³/mol. The maximum Gasteiger partial charge on any atom is 0.337 e. The molecule has 3 aromatic rings. The van der Waals surface area contributed by atoms with Gasteiger partial charge < -0.3 is 16.2 Å². The Morgan fingerprint density at radius 2 is 1.59 bits per heavy atom. The van der Waals surface area contributed by atoms with E-state index in [2.05, 4.69) is 17.4 Å².